The van der Waals surface area contributed by atoms with Crippen LogP contribution in [0, 0.1) is 11.3 Å². The first-order chi connectivity index (χ1) is 21.9. The molecule has 1 aromatic heterocycles. The average Bonchev–Trinajstić information content (AvgIpc) is 3.48. The summed E-state index contributed by atoms with van der Waals surface area (Å²) in [7, 11) is 6.80. The van der Waals surface area contributed by atoms with Gasteiger partial charge in [-0.15, -0.1) is 0 Å². The van der Waals surface area contributed by atoms with Gasteiger partial charge in [-0.2, -0.15) is 19.1 Å². The second-order valence-electron chi connectivity index (χ2n) is 10.0. The van der Waals surface area contributed by atoms with E-state index in [1.165, 1.54) is 90.7 Å². The van der Waals surface area contributed by atoms with Gasteiger partial charge in [0.2, 0.25) is 0 Å². The summed E-state index contributed by atoms with van der Waals surface area (Å²) in [4.78, 5) is 27.8. The zero-order chi connectivity index (χ0) is 33.6. The first kappa shape index (κ1) is 34.2. The Morgan fingerprint density at radius 1 is 1.04 bits per heavy atom. The molecule has 1 aliphatic rings. The molecule has 0 radical (unpaired) electrons. The zero-order valence-corrected chi connectivity index (χ0v) is 27.2. The summed E-state index contributed by atoms with van der Waals surface area (Å²) in [5, 5.41) is 16.4. The predicted octanol–water partition coefficient (Wildman–Crippen LogP) is 6.30. The number of halogens is 3. The first-order valence-corrected chi connectivity index (χ1v) is 15.3. The van der Waals surface area contributed by atoms with Gasteiger partial charge >= 0.3 is 0 Å². The van der Waals surface area contributed by atoms with Gasteiger partial charge in [-0.3, -0.25) is 18.6 Å². The first-order valence-electron chi connectivity index (χ1n) is 13.8. The summed E-state index contributed by atoms with van der Waals surface area (Å²) in [5.41, 5.74) is 0.538. The number of nitrogens with one attached hydrogen (secondary N) is 1. The highest BCUT2D eigenvalue weighted by Crippen LogP contribution is 2.39. The number of hydrogen-bond donors (Lipinski definition) is 1. The Morgan fingerprint density at radius 2 is 1.70 bits per heavy atom. The van der Waals surface area contributed by atoms with Crippen LogP contribution in [0.3, 0.4) is 0 Å². The second kappa shape index (κ2) is 14.6. The van der Waals surface area contributed by atoms with E-state index in [9.17, 15) is 14.9 Å². The van der Waals surface area contributed by atoms with Gasteiger partial charge < -0.3 is 19.7 Å². The molecule has 0 saturated carbocycles. The molecule has 1 aliphatic heterocycles. The number of nitrogens with zero attached hydrogens (tertiary/aromatic N) is 5. The molecule has 10 nitrogen and oxygen atoms in total. The third kappa shape index (κ3) is 7.25. The lowest BCUT2D eigenvalue weighted by atomic mass is 9.99. The van der Waals surface area contributed by atoms with Crippen LogP contribution in [-0.4, -0.2) is 67.0 Å². The fourth-order valence-electron chi connectivity index (χ4n) is 4.55. The second-order valence-corrected chi connectivity index (χ2v) is 11.5. The van der Waals surface area contributed by atoms with Crippen LogP contribution in [0.25, 0.3) is 0 Å². The van der Waals surface area contributed by atoms with Gasteiger partial charge in [0.25, 0.3) is 17.7 Å². The number of ether oxygens (including phenoxy) is 2. The van der Waals surface area contributed by atoms with Crippen molar-refractivity contribution in [3.8, 4) is 17.6 Å². The molecule has 4 aromatic rings. The molecule has 0 atom stereocenters. The van der Waals surface area contributed by atoms with E-state index in [2.05, 4.69) is 10.4 Å². The maximum absolute atomic E-state index is 15.3. The molecule has 5 rings (SSSR count). The van der Waals surface area contributed by atoms with Gasteiger partial charge in [0.05, 0.1) is 43.2 Å². The van der Waals surface area contributed by atoms with E-state index in [4.69, 9.17) is 21.1 Å². The number of hydrogen-bond acceptors (Lipinski definition) is 8. The molecule has 0 bridgehead atoms. The quantitative estimate of drug-likeness (QED) is 0.218. The Morgan fingerprint density at radius 3 is 2.30 bits per heavy atom. The van der Waals surface area contributed by atoms with E-state index in [0.29, 0.717) is 18.0 Å². The van der Waals surface area contributed by atoms with Crippen LogP contribution >= 0.6 is 23.5 Å². The molecule has 0 unspecified atom stereocenters. The predicted molar refractivity (Wildman–Crippen MR) is 174 cm³/mol. The van der Waals surface area contributed by atoms with Crippen LogP contribution in [0.5, 0.6) is 11.5 Å². The minimum absolute atomic E-state index is 0.136. The molecular weight excluding hydrogens is 638 g/mol. The molecule has 2 amide bonds. The van der Waals surface area contributed by atoms with Gasteiger partial charge in [-0.05, 0) is 62.8 Å². The molecule has 3 aromatic carbocycles. The Labute approximate surface area is 274 Å². The SMILES string of the molecule is COc1cc(C(F)(F)c2ccc(N3CCn4ncc(NC(=O)c5ccc(OC)c(C#N)c5)c4C3=O)cc2)ccc1Cl.CSN(C)C. The molecule has 2 heterocycles. The van der Waals surface area contributed by atoms with E-state index in [-0.39, 0.29) is 51.0 Å². The van der Waals surface area contributed by atoms with Crippen molar-refractivity contribution in [3.63, 3.8) is 0 Å². The third-order valence-corrected chi connectivity index (χ3v) is 8.12. The highest BCUT2D eigenvalue weighted by molar-refractivity contribution is 7.96. The van der Waals surface area contributed by atoms with Crippen LogP contribution in [-0.2, 0) is 12.5 Å². The molecule has 0 spiro atoms. The molecule has 1 N–H and O–H groups in total. The van der Waals surface area contributed by atoms with Gasteiger partial charge in [-0.25, -0.2) is 0 Å². The minimum Gasteiger partial charge on any atom is -0.495 e. The van der Waals surface area contributed by atoms with Crippen molar-refractivity contribution < 1.29 is 27.8 Å². The summed E-state index contributed by atoms with van der Waals surface area (Å²) in [5.74, 6) is -3.88. The van der Waals surface area contributed by atoms with Crippen LogP contribution < -0.4 is 19.7 Å². The van der Waals surface area contributed by atoms with Gasteiger partial charge in [-0.1, -0.05) is 41.7 Å². The highest BCUT2D eigenvalue weighted by Gasteiger charge is 2.36. The topological polar surface area (TPSA) is 113 Å². The van der Waals surface area contributed by atoms with Gasteiger partial charge in [0, 0.05) is 28.9 Å². The molecule has 0 fully saturated rings. The van der Waals surface area contributed by atoms with E-state index in [1.807, 2.05) is 30.7 Å². The fourth-order valence-corrected chi connectivity index (χ4v) is 4.74. The van der Waals surface area contributed by atoms with Crippen molar-refractivity contribution in [1.29, 1.82) is 5.26 Å². The summed E-state index contributed by atoms with van der Waals surface area (Å²) < 4.78 is 44.3. The fraction of sp³-hybridized carbons (Fsp3) is 0.250. The molecule has 240 valence electrons. The van der Waals surface area contributed by atoms with E-state index >= 15 is 8.78 Å². The van der Waals surface area contributed by atoms with Gasteiger partial charge in [0.15, 0.2) is 0 Å². The van der Waals surface area contributed by atoms with Crippen molar-refractivity contribution in [2.45, 2.75) is 12.5 Å². The average molecular weight is 669 g/mol. The van der Waals surface area contributed by atoms with Crippen LogP contribution in [0.2, 0.25) is 5.02 Å². The van der Waals surface area contributed by atoms with Crippen molar-refractivity contribution in [2.24, 2.45) is 0 Å². The number of carbonyl (C=O) groups excluding carboxylic acids is 2. The van der Waals surface area contributed by atoms with Gasteiger partial charge in [0.1, 0.15) is 23.3 Å². The zero-order valence-electron chi connectivity index (χ0n) is 25.7. The number of carbonyl (C=O) groups is 2. The number of amides is 2. The largest absolute Gasteiger partial charge is 0.495 e. The van der Waals surface area contributed by atoms with E-state index in [0.717, 1.165) is 0 Å². The Balaban J connectivity index is 0.000000892. The number of aromatic nitrogens is 2. The van der Waals surface area contributed by atoms with Crippen molar-refractivity contribution in [2.75, 3.05) is 51.3 Å². The third-order valence-electron chi connectivity index (χ3n) is 7.07. The van der Waals surface area contributed by atoms with Crippen LogP contribution in [0.4, 0.5) is 20.2 Å². The number of fused-ring (bicyclic) bond motifs is 1. The molecule has 0 aliphatic carbocycles. The van der Waals surface area contributed by atoms with Crippen LogP contribution in [0.1, 0.15) is 37.5 Å². The van der Waals surface area contributed by atoms with Crippen LogP contribution in [0.15, 0.2) is 66.9 Å². The Bertz CT molecular complexity index is 1780. The number of benzene rings is 3. The number of rotatable bonds is 8. The monoisotopic (exact) mass is 668 g/mol. The standard InChI is InChI=1S/C29H22ClF2N5O4.C3H9NS/c1-40-24-10-3-17(13-18(24)15-33)27(38)35-23-16-34-37-12-11-36(28(39)26(23)37)21-7-4-19(5-8-21)29(31,32)20-6-9-22(30)25(14-20)41-2;1-4(2)5-3/h3-10,13-14,16H,11-12H2,1-2H3,(H,35,38);1-3H3. The van der Waals surface area contributed by atoms with E-state index in [1.54, 1.807) is 11.9 Å². The minimum atomic E-state index is -3.34. The molecule has 14 heteroatoms. The highest BCUT2D eigenvalue weighted by atomic mass is 35.5. The summed E-state index contributed by atoms with van der Waals surface area (Å²) in [6, 6.07) is 15.5. The summed E-state index contributed by atoms with van der Waals surface area (Å²) >= 11 is 7.69. The van der Waals surface area contributed by atoms with Crippen molar-refractivity contribution >= 4 is 46.7 Å². The Hall–Kier alpha value is -4.64. The number of alkyl halides is 2. The molecule has 46 heavy (non-hydrogen) atoms. The smallest absolute Gasteiger partial charge is 0.298 e. The lowest BCUT2D eigenvalue weighted by Gasteiger charge is -2.28. The number of methoxy groups -OCH3 is 2. The normalized spacial score (nSPS) is 12.5. The lowest BCUT2D eigenvalue weighted by molar-refractivity contribution is 0.0426. The summed E-state index contributed by atoms with van der Waals surface area (Å²) in [6.45, 7) is 0.565. The maximum atomic E-state index is 15.3. The maximum Gasteiger partial charge on any atom is 0.298 e. The molecular formula is C32H31ClF2N6O4S. The number of nitriles is 1. The molecule has 0 saturated heterocycles. The summed E-state index contributed by atoms with van der Waals surface area (Å²) in [6.07, 6.45) is 3.41. The Kier molecular flexibility index (Phi) is 10.9. The lowest BCUT2D eigenvalue weighted by Crippen LogP contribution is -2.41. The van der Waals surface area contributed by atoms with Crippen molar-refractivity contribution in [3.05, 3.63) is 99.8 Å². The number of anilines is 2. The van der Waals surface area contributed by atoms with Crippen molar-refractivity contribution in [1.82, 2.24) is 14.1 Å². The van der Waals surface area contributed by atoms with E-state index < -0.39 is 17.7 Å².